The lowest BCUT2D eigenvalue weighted by atomic mass is 9.95. The molecule has 142 valence electrons. The zero-order chi connectivity index (χ0) is 19.7. The molecular formula is C20H20N6O2. The van der Waals surface area contributed by atoms with Crippen molar-refractivity contribution in [1.82, 2.24) is 20.2 Å². The monoisotopic (exact) mass is 376 g/mol. The average molecular weight is 376 g/mol. The van der Waals surface area contributed by atoms with Gasteiger partial charge < -0.3 is 15.4 Å². The Kier molecular flexibility index (Phi) is 4.52. The summed E-state index contributed by atoms with van der Waals surface area (Å²) in [6.07, 6.45) is 0. The quantitative estimate of drug-likeness (QED) is 0.727. The van der Waals surface area contributed by atoms with Crippen molar-refractivity contribution in [1.29, 1.82) is 0 Å². The number of rotatable bonds is 4. The second kappa shape index (κ2) is 7.15. The van der Waals surface area contributed by atoms with Gasteiger partial charge in [-0.15, -0.1) is 0 Å². The maximum atomic E-state index is 13.2. The van der Waals surface area contributed by atoms with Gasteiger partial charge in [-0.2, -0.15) is 4.68 Å². The van der Waals surface area contributed by atoms with E-state index < -0.39 is 6.04 Å². The first-order valence-corrected chi connectivity index (χ1v) is 8.84. The Morgan fingerprint density at radius 3 is 2.79 bits per heavy atom. The fourth-order valence-corrected chi connectivity index (χ4v) is 3.35. The summed E-state index contributed by atoms with van der Waals surface area (Å²) in [5.41, 5.74) is 3.88. The Bertz CT molecular complexity index is 1070. The van der Waals surface area contributed by atoms with Crippen LogP contribution in [0.3, 0.4) is 0 Å². The van der Waals surface area contributed by atoms with E-state index in [2.05, 4.69) is 26.2 Å². The number of carbonyl (C=O) groups excluding carboxylic acids is 1. The van der Waals surface area contributed by atoms with E-state index in [1.54, 1.807) is 11.8 Å². The number of fused-ring (bicyclic) bond motifs is 1. The van der Waals surface area contributed by atoms with Gasteiger partial charge in [-0.1, -0.05) is 29.4 Å². The number of nitrogens with zero attached hydrogens (tertiary/aromatic N) is 4. The van der Waals surface area contributed by atoms with Crippen molar-refractivity contribution in [2.24, 2.45) is 0 Å². The van der Waals surface area contributed by atoms with Crippen LogP contribution in [0.5, 0.6) is 5.75 Å². The molecule has 1 unspecified atom stereocenters. The van der Waals surface area contributed by atoms with Gasteiger partial charge in [0, 0.05) is 11.4 Å². The van der Waals surface area contributed by atoms with Crippen molar-refractivity contribution in [2.75, 3.05) is 17.7 Å². The van der Waals surface area contributed by atoms with E-state index in [0.717, 1.165) is 16.8 Å². The van der Waals surface area contributed by atoms with E-state index >= 15 is 0 Å². The minimum atomic E-state index is -0.480. The number of carbonyl (C=O) groups is 1. The fourth-order valence-electron chi connectivity index (χ4n) is 3.35. The Balaban J connectivity index is 1.77. The fraction of sp³-hybridized carbons (Fsp3) is 0.200. The van der Waals surface area contributed by atoms with Crippen LogP contribution in [0.4, 0.5) is 11.6 Å². The van der Waals surface area contributed by atoms with Gasteiger partial charge in [0.15, 0.2) is 0 Å². The highest BCUT2D eigenvalue weighted by molar-refractivity contribution is 6.06. The van der Waals surface area contributed by atoms with E-state index in [4.69, 9.17) is 4.74 Å². The molecule has 1 aromatic heterocycles. The molecule has 1 aliphatic heterocycles. The summed E-state index contributed by atoms with van der Waals surface area (Å²) < 4.78 is 6.96. The highest BCUT2D eigenvalue weighted by Crippen LogP contribution is 2.35. The number of nitrogens with one attached hydrogen (secondary N) is 2. The minimum Gasteiger partial charge on any atom is -0.497 e. The molecule has 0 aliphatic carbocycles. The maximum Gasteiger partial charge on any atom is 0.255 e. The van der Waals surface area contributed by atoms with Crippen LogP contribution in [0.25, 0.3) is 0 Å². The molecule has 8 heteroatoms. The van der Waals surface area contributed by atoms with Crippen LogP contribution in [-0.2, 0) is 4.79 Å². The normalized spacial score (nSPS) is 15.6. The van der Waals surface area contributed by atoms with Crippen LogP contribution >= 0.6 is 0 Å². The number of methoxy groups -OCH3 is 1. The second-order valence-electron chi connectivity index (χ2n) is 6.61. The Labute approximate surface area is 162 Å². The standard InChI is InChI=1S/C20H20N6O2/c1-12-6-4-8-15(10-12)22-19(27)17-13(2)21-20-23-24-25-26(20)18(17)14-7-5-9-16(11-14)28-3/h4-11,18H,1-3H3,(H,22,27)(H,21,23,25). The minimum absolute atomic E-state index is 0.218. The van der Waals surface area contributed by atoms with Crippen molar-refractivity contribution in [3.8, 4) is 5.75 Å². The molecule has 2 heterocycles. The van der Waals surface area contributed by atoms with Gasteiger partial charge in [-0.05, 0) is 59.7 Å². The third-order valence-corrected chi connectivity index (χ3v) is 4.64. The van der Waals surface area contributed by atoms with Gasteiger partial charge >= 0.3 is 0 Å². The number of hydrogen-bond acceptors (Lipinski definition) is 6. The molecule has 28 heavy (non-hydrogen) atoms. The lowest BCUT2D eigenvalue weighted by molar-refractivity contribution is -0.113. The van der Waals surface area contributed by atoms with Gasteiger partial charge in [0.25, 0.3) is 5.91 Å². The lowest BCUT2D eigenvalue weighted by Gasteiger charge is -2.28. The summed E-state index contributed by atoms with van der Waals surface area (Å²) in [6.45, 7) is 3.82. The number of tetrazole rings is 1. The zero-order valence-electron chi connectivity index (χ0n) is 15.8. The number of aryl methyl sites for hydroxylation is 1. The zero-order valence-corrected chi connectivity index (χ0v) is 15.8. The van der Waals surface area contributed by atoms with Crippen molar-refractivity contribution < 1.29 is 9.53 Å². The van der Waals surface area contributed by atoms with Crippen molar-refractivity contribution in [3.63, 3.8) is 0 Å². The molecule has 1 aliphatic rings. The topological polar surface area (TPSA) is 94.0 Å². The van der Waals surface area contributed by atoms with E-state index in [9.17, 15) is 4.79 Å². The molecule has 2 aromatic carbocycles. The van der Waals surface area contributed by atoms with E-state index in [1.807, 2.05) is 62.4 Å². The number of amides is 1. The van der Waals surface area contributed by atoms with Crippen molar-refractivity contribution in [2.45, 2.75) is 19.9 Å². The summed E-state index contributed by atoms with van der Waals surface area (Å²) in [6, 6.07) is 14.7. The average Bonchev–Trinajstić information content (AvgIpc) is 3.14. The summed E-state index contributed by atoms with van der Waals surface area (Å²) in [7, 11) is 1.61. The van der Waals surface area contributed by atoms with Crippen LogP contribution in [0, 0.1) is 6.92 Å². The Hall–Kier alpha value is -3.68. The Morgan fingerprint density at radius 1 is 1.18 bits per heavy atom. The van der Waals surface area contributed by atoms with Crippen molar-refractivity contribution in [3.05, 3.63) is 70.9 Å². The molecule has 0 spiro atoms. The van der Waals surface area contributed by atoms with Crippen molar-refractivity contribution >= 4 is 17.5 Å². The SMILES string of the molecule is COc1cccc(C2C(C(=O)Nc3cccc(C)c3)=C(C)Nc3nnnn32)c1. The molecule has 0 saturated heterocycles. The van der Waals surface area contributed by atoms with Gasteiger partial charge in [-0.25, -0.2) is 0 Å². The number of anilines is 2. The van der Waals surface area contributed by atoms with Crippen LogP contribution in [-0.4, -0.2) is 33.2 Å². The van der Waals surface area contributed by atoms with Gasteiger partial charge in [0.05, 0.1) is 12.7 Å². The highest BCUT2D eigenvalue weighted by atomic mass is 16.5. The maximum absolute atomic E-state index is 13.2. The van der Waals surface area contributed by atoms with Gasteiger partial charge in [0.1, 0.15) is 11.8 Å². The predicted molar refractivity (Wildman–Crippen MR) is 105 cm³/mol. The van der Waals surface area contributed by atoms with E-state index in [0.29, 0.717) is 23.0 Å². The first kappa shape index (κ1) is 17.7. The van der Waals surface area contributed by atoms with Crippen LogP contribution < -0.4 is 15.4 Å². The number of benzene rings is 2. The van der Waals surface area contributed by atoms with Crippen LogP contribution in [0.2, 0.25) is 0 Å². The molecule has 1 amide bonds. The van der Waals surface area contributed by atoms with Gasteiger partial charge in [0.2, 0.25) is 5.95 Å². The molecule has 0 bridgehead atoms. The second-order valence-corrected chi connectivity index (χ2v) is 6.61. The number of allylic oxidation sites excluding steroid dienone is 1. The third kappa shape index (κ3) is 3.20. The molecular weight excluding hydrogens is 356 g/mol. The van der Waals surface area contributed by atoms with Crippen LogP contribution in [0.15, 0.2) is 59.8 Å². The predicted octanol–water partition coefficient (Wildman–Crippen LogP) is 2.92. The molecule has 8 nitrogen and oxygen atoms in total. The summed E-state index contributed by atoms with van der Waals surface area (Å²) in [4.78, 5) is 13.2. The molecule has 3 aromatic rings. The molecule has 0 saturated carbocycles. The van der Waals surface area contributed by atoms with Crippen LogP contribution in [0.1, 0.15) is 24.1 Å². The first-order chi connectivity index (χ1) is 13.6. The highest BCUT2D eigenvalue weighted by Gasteiger charge is 2.34. The number of hydrogen-bond donors (Lipinski definition) is 2. The molecule has 0 fully saturated rings. The largest absolute Gasteiger partial charge is 0.497 e. The summed E-state index contributed by atoms with van der Waals surface area (Å²) in [5, 5.41) is 18.0. The van der Waals surface area contributed by atoms with E-state index in [1.165, 1.54) is 0 Å². The first-order valence-electron chi connectivity index (χ1n) is 8.84. The lowest BCUT2D eigenvalue weighted by Crippen LogP contribution is -2.31. The molecule has 2 N–H and O–H groups in total. The summed E-state index contributed by atoms with van der Waals surface area (Å²) >= 11 is 0. The summed E-state index contributed by atoms with van der Waals surface area (Å²) in [5.74, 6) is 0.962. The molecule has 1 atom stereocenters. The number of ether oxygens (including phenoxy) is 1. The van der Waals surface area contributed by atoms with E-state index in [-0.39, 0.29) is 5.91 Å². The molecule has 4 rings (SSSR count). The smallest absolute Gasteiger partial charge is 0.255 e. The third-order valence-electron chi connectivity index (χ3n) is 4.64. The number of aromatic nitrogens is 4. The van der Waals surface area contributed by atoms with Gasteiger partial charge in [-0.3, -0.25) is 4.79 Å². The Morgan fingerprint density at radius 2 is 2.00 bits per heavy atom. The molecule has 0 radical (unpaired) electrons.